The van der Waals surface area contributed by atoms with Gasteiger partial charge in [0.25, 0.3) is 5.69 Å². The van der Waals surface area contributed by atoms with E-state index in [1.807, 2.05) is 0 Å². The van der Waals surface area contributed by atoms with Crippen LogP contribution in [0.4, 0.5) is 5.69 Å². The van der Waals surface area contributed by atoms with Crippen molar-refractivity contribution < 1.29 is 19.6 Å². The van der Waals surface area contributed by atoms with Crippen LogP contribution in [0.25, 0.3) is 0 Å². The number of nitro benzene ring substituents is 1. The number of carbonyl (C=O) groups excluding carboxylic acids is 1. The first-order chi connectivity index (χ1) is 10.9. The standard InChI is InChI=1S/C15H20N2O5S/c1-11(15(20)16-10-4-2-3-5-14(18)19)23-13-8-6-12(7-9-13)17(21)22/h6-9,11H,2-5,10H2,1H3,(H,16,20)(H,18,19). The third-order valence-corrected chi connectivity index (χ3v) is 4.21. The second-order valence-corrected chi connectivity index (χ2v) is 6.42. The maximum Gasteiger partial charge on any atom is 0.303 e. The summed E-state index contributed by atoms with van der Waals surface area (Å²) >= 11 is 1.33. The molecule has 0 fully saturated rings. The monoisotopic (exact) mass is 340 g/mol. The predicted molar refractivity (Wildman–Crippen MR) is 87.5 cm³/mol. The lowest BCUT2D eigenvalue weighted by Gasteiger charge is -2.11. The quantitative estimate of drug-likeness (QED) is 0.293. The number of rotatable bonds is 10. The van der Waals surface area contributed by atoms with Crippen molar-refractivity contribution in [1.82, 2.24) is 5.32 Å². The van der Waals surface area contributed by atoms with Gasteiger partial charge in [-0.25, -0.2) is 0 Å². The number of thioether (sulfide) groups is 1. The Morgan fingerprint density at radius 3 is 2.48 bits per heavy atom. The van der Waals surface area contributed by atoms with E-state index in [4.69, 9.17) is 5.11 Å². The van der Waals surface area contributed by atoms with Crippen LogP contribution in [-0.2, 0) is 9.59 Å². The number of amides is 1. The highest BCUT2D eigenvalue weighted by Crippen LogP contribution is 2.25. The number of carbonyl (C=O) groups is 2. The molecule has 2 N–H and O–H groups in total. The topological polar surface area (TPSA) is 110 Å². The Bertz CT molecular complexity index is 547. The molecule has 1 unspecified atom stereocenters. The second kappa shape index (κ2) is 9.83. The second-order valence-electron chi connectivity index (χ2n) is 5.01. The van der Waals surface area contributed by atoms with Crippen molar-refractivity contribution >= 4 is 29.3 Å². The lowest BCUT2D eigenvalue weighted by Crippen LogP contribution is -2.31. The number of aliphatic carboxylic acids is 1. The van der Waals surface area contributed by atoms with Crippen LogP contribution in [0, 0.1) is 10.1 Å². The summed E-state index contributed by atoms with van der Waals surface area (Å²) in [6.07, 6.45) is 2.27. The summed E-state index contributed by atoms with van der Waals surface area (Å²) in [5, 5.41) is 21.6. The molecule has 1 aromatic carbocycles. The number of carboxylic acids is 1. The minimum Gasteiger partial charge on any atom is -0.481 e. The minimum absolute atomic E-state index is 0.0211. The third kappa shape index (κ3) is 7.64. The van der Waals surface area contributed by atoms with Crippen molar-refractivity contribution in [2.45, 2.75) is 42.8 Å². The van der Waals surface area contributed by atoms with Crippen LogP contribution in [0.15, 0.2) is 29.2 Å². The molecule has 0 spiro atoms. The van der Waals surface area contributed by atoms with Crippen LogP contribution in [0.2, 0.25) is 0 Å². The zero-order chi connectivity index (χ0) is 17.2. The molecule has 1 amide bonds. The molecule has 0 aliphatic heterocycles. The predicted octanol–water partition coefficient (Wildman–Crippen LogP) is 2.84. The average molecular weight is 340 g/mol. The van der Waals surface area contributed by atoms with E-state index in [9.17, 15) is 19.7 Å². The molecule has 1 atom stereocenters. The number of unbranched alkanes of at least 4 members (excludes halogenated alkanes) is 2. The molecule has 23 heavy (non-hydrogen) atoms. The van der Waals surface area contributed by atoms with Gasteiger partial charge in [0.2, 0.25) is 5.91 Å². The molecular weight excluding hydrogens is 320 g/mol. The number of carboxylic acid groups (broad SMARTS) is 1. The number of hydrogen-bond donors (Lipinski definition) is 2. The molecule has 126 valence electrons. The van der Waals surface area contributed by atoms with E-state index in [1.54, 1.807) is 19.1 Å². The van der Waals surface area contributed by atoms with Gasteiger partial charge in [-0.05, 0) is 31.9 Å². The summed E-state index contributed by atoms with van der Waals surface area (Å²) in [5.74, 6) is -0.909. The summed E-state index contributed by atoms with van der Waals surface area (Å²) in [7, 11) is 0. The van der Waals surface area contributed by atoms with Gasteiger partial charge in [0.05, 0.1) is 10.2 Å². The number of nitrogens with zero attached hydrogens (tertiary/aromatic N) is 1. The normalized spacial score (nSPS) is 11.7. The Kier molecular flexibility index (Phi) is 8.10. The van der Waals surface area contributed by atoms with Crippen molar-refractivity contribution in [3.05, 3.63) is 34.4 Å². The lowest BCUT2D eigenvalue weighted by atomic mass is 10.2. The number of nitro groups is 1. The zero-order valence-corrected chi connectivity index (χ0v) is 13.7. The highest BCUT2D eigenvalue weighted by molar-refractivity contribution is 8.00. The summed E-state index contributed by atoms with van der Waals surface area (Å²) in [5.41, 5.74) is 0.0211. The van der Waals surface area contributed by atoms with E-state index in [1.165, 1.54) is 23.9 Å². The number of hydrogen-bond acceptors (Lipinski definition) is 5. The van der Waals surface area contributed by atoms with Crippen molar-refractivity contribution in [1.29, 1.82) is 0 Å². The van der Waals surface area contributed by atoms with Crippen molar-refractivity contribution in [2.24, 2.45) is 0 Å². The highest BCUT2D eigenvalue weighted by Gasteiger charge is 2.14. The lowest BCUT2D eigenvalue weighted by molar-refractivity contribution is -0.384. The van der Waals surface area contributed by atoms with Gasteiger partial charge in [-0.1, -0.05) is 6.42 Å². The van der Waals surface area contributed by atoms with Gasteiger partial charge in [0.1, 0.15) is 0 Å². The molecule has 0 saturated heterocycles. The zero-order valence-electron chi connectivity index (χ0n) is 12.9. The van der Waals surface area contributed by atoms with Gasteiger partial charge in [-0.2, -0.15) is 0 Å². The number of benzene rings is 1. The van der Waals surface area contributed by atoms with E-state index in [2.05, 4.69) is 5.32 Å². The van der Waals surface area contributed by atoms with Crippen LogP contribution in [0.1, 0.15) is 32.6 Å². The minimum atomic E-state index is -0.804. The maximum atomic E-state index is 11.9. The van der Waals surface area contributed by atoms with Crippen molar-refractivity contribution in [2.75, 3.05) is 6.54 Å². The molecule has 0 heterocycles. The van der Waals surface area contributed by atoms with Crippen molar-refractivity contribution in [3.63, 3.8) is 0 Å². The molecule has 0 bridgehead atoms. The Morgan fingerprint density at radius 1 is 1.26 bits per heavy atom. The summed E-state index contributed by atoms with van der Waals surface area (Å²) < 4.78 is 0. The third-order valence-electron chi connectivity index (χ3n) is 3.10. The average Bonchev–Trinajstić information content (AvgIpc) is 2.50. The molecule has 8 heteroatoms. The smallest absolute Gasteiger partial charge is 0.303 e. The molecule has 0 aliphatic rings. The Labute approximate surface area is 138 Å². The van der Waals surface area contributed by atoms with Crippen LogP contribution in [-0.4, -0.2) is 33.7 Å². The maximum absolute atomic E-state index is 11.9. The number of nitrogens with one attached hydrogen (secondary N) is 1. The van der Waals surface area contributed by atoms with Gasteiger partial charge in [0, 0.05) is 30.0 Å². The van der Waals surface area contributed by atoms with Crippen LogP contribution in [0.5, 0.6) is 0 Å². The SMILES string of the molecule is CC(Sc1ccc([N+](=O)[O-])cc1)C(=O)NCCCCCC(=O)O. The molecule has 7 nitrogen and oxygen atoms in total. The van der Waals surface area contributed by atoms with Crippen LogP contribution < -0.4 is 5.32 Å². The van der Waals surface area contributed by atoms with Gasteiger partial charge >= 0.3 is 5.97 Å². The van der Waals surface area contributed by atoms with E-state index < -0.39 is 10.9 Å². The van der Waals surface area contributed by atoms with Gasteiger partial charge < -0.3 is 10.4 Å². The van der Waals surface area contributed by atoms with Gasteiger partial charge in [-0.3, -0.25) is 19.7 Å². The molecule has 1 rings (SSSR count). The van der Waals surface area contributed by atoms with Crippen LogP contribution >= 0.6 is 11.8 Å². The molecule has 0 aliphatic carbocycles. The van der Waals surface area contributed by atoms with Gasteiger partial charge in [-0.15, -0.1) is 11.8 Å². The fourth-order valence-electron chi connectivity index (χ4n) is 1.84. The van der Waals surface area contributed by atoms with Gasteiger partial charge in [0.15, 0.2) is 0 Å². The van der Waals surface area contributed by atoms with Crippen molar-refractivity contribution in [3.8, 4) is 0 Å². The largest absolute Gasteiger partial charge is 0.481 e. The Balaban J connectivity index is 2.28. The Hall–Kier alpha value is -2.09. The first-order valence-corrected chi connectivity index (χ1v) is 8.18. The summed E-state index contributed by atoms with van der Waals surface area (Å²) in [6, 6.07) is 6.07. The van der Waals surface area contributed by atoms with E-state index in [-0.39, 0.29) is 23.3 Å². The first-order valence-electron chi connectivity index (χ1n) is 7.30. The molecule has 0 aromatic heterocycles. The van der Waals surface area contributed by atoms with E-state index in [0.29, 0.717) is 13.0 Å². The fourth-order valence-corrected chi connectivity index (χ4v) is 2.73. The van der Waals surface area contributed by atoms with Crippen LogP contribution in [0.3, 0.4) is 0 Å². The first kappa shape index (κ1) is 19.0. The molecule has 1 aromatic rings. The Morgan fingerprint density at radius 2 is 1.91 bits per heavy atom. The molecular formula is C15H20N2O5S. The number of non-ortho nitro benzene ring substituents is 1. The van der Waals surface area contributed by atoms with E-state index in [0.717, 1.165) is 17.7 Å². The highest BCUT2D eigenvalue weighted by atomic mass is 32.2. The molecule has 0 radical (unpaired) electrons. The fraction of sp³-hybridized carbons (Fsp3) is 0.467. The summed E-state index contributed by atoms with van der Waals surface area (Å²) in [6.45, 7) is 2.29. The molecule has 0 saturated carbocycles. The summed E-state index contributed by atoms with van der Waals surface area (Å²) in [4.78, 5) is 33.2. The van der Waals surface area contributed by atoms with E-state index >= 15 is 0 Å².